The number of rotatable bonds is 6. The first-order valence-corrected chi connectivity index (χ1v) is 10.5. The molecule has 1 aliphatic rings. The van der Waals surface area contributed by atoms with Gasteiger partial charge < -0.3 is 14.4 Å². The highest BCUT2D eigenvalue weighted by Crippen LogP contribution is 2.34. The molecule has 29 heavy (non-hydrogen) atoms. The van der Waals surface area contributed by atoms with Gasteiger partial charge >= 0.3 is 5.97 Å². The Morgan fingerprint density at radius 3 is 2.55 bits per heavy atom. The van der Waals surface area contributed by atoms with Gasteiger partial charge in [-0.3, -0.25) is 9.52 Å². The molecule has 1 heterocycles. The lowest BCUT2D eigenvalue weighted by Gasteiger charge is -2.20. The second-order valence-corrected chi connectivity index (χ2v) is 8.36. The molecule has 0 saturated carbocycles. The first-order valence-electron chi connectivity index (χ1n) is 8.66. The number of halogens is 1. The first-order chi connectivity index (χ1) is 13.8. The van der Waals surface area contributed by atoms with Crippen molar-refractivity contribution < 1.29 is 27.5 Å². The number of hydrogen-bond donors (Lipinski definition) is 1. The number of amides is 1. The first kappa shape index (κ1) is 20.9. The lowest BCUT2D eigenvalue weighted by Crippen LogP contribution is -2.25. The van der Waals surface area contributed by atoms with Crippen molar-refractivity contribution in [2.75, 3.05) is 30.4 Å². The molecular formula is C19H19ClN2O6S. The number of sulfonamides is 1. The third-order valence-electron chi connectivity index (χ3n) is 4.46. The molecule has 1 fully saturated rings. The van der Waals surface area contributed by atoms with Gasteiger partial charge in [0.15, 0.2) is 0 Å². The second kappa shape index (κ2) is 8.30. The molecule has 3 rings (SSSR count). The van der Waals surface area contributed by atoms with E-state index in [9.17, 15) is 18.0 Å². The van der Waals surface area contributed by atoms with Gasteiger partial charge in [-0.05, 0) is 42.8 Å². The molecule has 0 bridgehead atoms. The highest BCUT2D eigenvalue weighted by molar-refractivity contribution is 7.92. The van der Waals surface area contributed by atoms with Crippen LogP contribution >= 0.6 is 11.6 Å². The number of nitrogens with zero attached hydrogens (tertiary/aromatic N) is 1. The van der Waals surface area contributed by atoms with E-state index < -0.39 is 16.0 Å². The summed E-state index contributed by atoms with van der Waals surface area (Å²) in [5.41, 5.74) is 0.559. The molecule has 1 amide bonds. The number of ether oxygens (including phenoxy) is 2. The SMILES string of the molecule is COC(=O)c1ccc(Cl)c(NS(=O)(=O)c2ccc(OC)c(N3CCCC3=O)c2)c1. The van der Waals surface area contributed by atoms with Crippen molar-refractivity contribution in [1.82, 2.24) is 0 Å². The Morgan fingerprint density at radius 1 is 1.17 bits per heavy atom. The fourth-order valence-corrected chi connectivity index (χ4v) is 4.31. The predicted octanol–water partition coefficient (Wildman–Crippen LogP) is 3.06. The van der Waals surface area contributed by atoms with E-state index in [1.807, 2.05) is 0 Å². The van der Waals surface area contributed by atoms with Gasteiger partial charge in [0, 0.05) is 13.0 Å². The summed E-state index contributed by atoms with van der Waals surface area (Å²) in [6.45, 7) is 0.485. The molecule has 0 radical (unpaired) electrons. The Balaban J connectivity index is 1.98. The second-order valence-electron chi connectivity index (χ2n) is 6.27. The van der Waals surface area contributed by atoms with Crippen LogP contribution in [0.2, 0.25) is 5.02 Å². The summed E-state index contributed by atoms with van der Waals surface area (Å²) in [4.78, 5) is 25.3. The number of nitrogens with one attached hydrogen (secondary N) is 1. The van der Waals surface area contributed by atoms with Crippen LogP contribution in [0, 0.1) is 0 Å². The number of anilines is 2. The largest absolute Gasteiger partial charge is 0.495 e. The molecule has 0 unspecified atom stereocenters. The van der Waals surface area contributed by atoms with Crippen LogP contribution in [0.15, 0.2) is 41.3 Å². The predicted molar refractivity (Wildman–Crippen MR) is 108 cm³/mol. The number of methoxy groups -OCH3 is 2. The Labute approximate surface area is 173 Å². The smallest absolute Gasteiger partial charge is 0.337 e. The Bertz CT molecular complexity index is 1070. The maximum absolute atomic E-state index is 12.9. The van der Waals surface area contributed by atoms with Crippen molar-refractivity contribution in [3.05, 3.63) is 47.0 Å². The highest BCUT2D eigenvalue weighted by Gasteiger charge is 2.27. The average molecular weight is 439 g/mol. The van der Waals surface area contributed by atoms with Crippen molar-refractivity contribution in [2.24, 2.45) is 0 Å². The van der Waals surface area contributed by atoms with Crippen molar-refractivity contribution in [1.29, 1.82) is 0 Å². The Kier molecular flexibility index (Phi) is 5.99. The quantitative estimate of drug-likeness (QED) is 0.695. The van der Waals surface area contributed by atoms with Gasteiger partial charge in [0.25, 0.3) is 10.0 Å². The van der Waals surface area contributed by atoms with E-state index in [1.54, 1.807) is 0 Å². The molecule has 1 N–H and O–H groups in total. The van der Waals surface area contributed by atoms with Crippen molar-refractivity contribution in [3.8, 4) is 5.75 Å². The fourth-order valence-electron chi connectivity index (χ4n) is 3.00. The number of carbonyl (C=O) groups is 2. The molecule has 0 aromatic heterocycles. The molecular weight excluding hydrogens is 420 g/mol. The van der Waals surface area contributed by atoms with Gasteiger partial charge in [0.1, 0.15) is 5.75 Å². The lowest BCUT2D eigenvalue weighted by atomic mass is 10.2. The minimum atomic E-state index is -4.06. The van der Waals surface area contributed by atoms with Crippen LogP contribution in [0.4, 0.5) is 11.4 Å². The summed E-state index contributed by atoms with van der Waals surface area (Å²) in [5.74, 6) is -0.328. The molecule has 0 atom stereocenters. The van der Waals surface area contributed by atoms with E-state index in [4.69, 9.17) is 16.3 Å². The molecule has 0 spiro atoms. The molecule has 8 nitrogen and oxygen atoms in total. The van der Waals surface area contributed by atoms with E-state index in [-0.39, 0.29) is 27.1 Å². The number of carbonyl (C=O) groups excluding carboxylic acids is 2. The van der Waals surface area contributed by atoms with Gasteiger partial charge in [0.2, 0.25) is 5.91 Å². The van der Waals surface area contributed by atoms with Gasteiger partial charge in [-0.15, -0.1) is 0 Å². The van der Waals surface area contributed by atoms with Gasteiger partial charge in [-0.25, -0.2) is 13.2 Å². The fraction of sp³-hybridized carbons (Fsp3) is 0.263. The van der Waals surface area contributed by atoms with Gasteiger partial charge in [0.05, 0.1) is 41.1 Å². The normalized spacial score (nSPS) is 14.0. The maximum Gasteiger partial charge on any atom is 0.337 e. The zero-order valence-electron chi connectivity index (χ0n) is 15.8. The average Bonchev–Trinajstić information content (AvgIpc) is 3.14. The van der Waals surface area contributed by atoms with E-state index >= 15 is 0 Å². The summed E-state index contributed by atoms with van der Waals surface area (Å²) < 4.78 is 38.1. The molecule has 1 saturated heterocycles. The van der Waals surface area contributed by atoms with Gasteiger partial charge in [-0.2, -0.15) is 0 Å². The third-order valence-corrected chi connectivity index (χ3v) is 6.15. The van der Waals surface area contributed by atoms with Crippen molar-refractivity contribution >= 4 is 44.9 Å². The number of esters is 1. The van der Waals surface area contributed by atoms with Crippen molar-refractivity contribution in [2.45, 2.75) is 17.7 Å². The lowest BCUT2D eigenvalue weighted by molar-refractivity contribution is -0.117. The van der Waals surface area contributed by atoms with Crippen molar-refractivity contribution in [3.63, 3.8) is 0 Å². The topological polar surface area (TPSA) is 102 Å². The molecule has 2 aromatic rings. The molecule has 1 aliphatic heterocycles. The zero-order chi connectivity index (χ0) is 21.2. The maximum atomic E-state index is 12.9. The van der Waals surface area contributed by atoms with E-state index in [2.05, 4.69) is 9.46 Å². The van der Waals surface area contributed by atoms with Crippen LogP contribution in [-0.4, -0.2) is 41.1 Å². The minimum Gasteiger partial charge on any atom is -0.495 e. The minimum absolute atomic E-state index is 0.0317. The molecule has 2 aromatic carbocycles. The van der Waals surface area contributed by atoms with Crippen LogP contribution < -0.4 is 14.4 Å². The Morgan fingerprint density at radius 2 is 1.93 bits per heavy atom. The highest BCUT2D eigenvalue weighted by atomic mass is 35.5. The van der Waals surface area contributed by atoms with E-state index in [1.165, 1.54) is 55.5 Å². The summed E-state index contributed by atoms with van der Waals surface area (Å²) >= 11 is 6.09. The van der Waals surface area contributed by atoms with Crippen LogP contribution in [0.1, 0.15) is 23.2 Å². The standard InChI is InChI=1S/C19H19ClN2O6S/c1-27-17-8-6-13(11-16(17)22-9-3-4-18(22)23)29(25,26)21-15-10-12(19(24)28-2)5-7-14(15)20/h5-8,10-11,21H,3-4,9H2,1-2H3. The molecule has 0 aliphatic carbocycles. The third kappa shape index (κ3) is 4.30. The van der Waals surface area contributed by atoms with Crippen LogP contribution in [0.3, 0.4) is 0 Å². The van der Waals surface area contributed by atoms with E-state index in [0.717, 1.165) is 0 Å². The molecule has 154 valence electrons. The van der Waals surface area contributed by atoms with Crippen LogP contribution in [-0.2, 0) is 19.6 Å². The molecule has 10 heteroatoms. The number of benzene rings is 2. The Hall–Kier alpha value is -2.78. The number of hydrogen-bond acceptors (Lipinski definition) is 6. The summed E-state index contributed by atoms with van der Waals surface area (Å²) in [7, 11) is -1.39. The summed E-state index contributed by atoms with van der Waals surface area (Å²) in [6.07, 6.45) is 1.08. The van der Waals surface area contributed by atoms with Crippen LogP contribution in [0.5, 0.6) is 5.75 Å². The summed E-state index contributed by atoms with van der Waals surface area (Å²) in [5, 5.41) is 0.115. The zero-order valence-corrected chi connectivity index (χ0v) is 17.3. The van der Waals surface area contributed by atoms with Gasteiger partial charge in [-0.1, -0.05) is 11.6 Å². The summed E-state index contributed by atoms with van der Waals surface area (Å²) in [6, 6.07) is 8.35. The van der Waals surface area contributed by atoms with E-state index in [0.29, 0.717) is 30.8 Å². The monoisotopic (exact) mass is 438 g/mol. The van der Waals surface area contributed by atoms with Crippen LogP contribution in [0.25, 0.3) is 0 Å².